The topological polar surface area (TPSA) is 69.8 Å². The number of phenols is 1. The number of pyridine rings is 1. The number of phenolic OH excluding ortho intramolecular Hbond substituents is 1. The quantitative estimate of drug-likeness (QED) is 0.495. The van der Waals surface area contributed by atoms with Gasteiger partial charge in [-0.05, 0) is 42.0 Å². The van der Waals surface area contributed by atoms with Crippen LogP contribution in [0.2, 0.25) is 5.02 Å². The standard InChI is InChI=1S/C25H22ClN3O3/c26-18-6-4-17(5-7-18)21-16-32-25-19(24(21)31)8-9-22(30)20(25)15-28-11-13-29(14-12-28)23-3-1-2-10-27-23/h1-10,16,30H,11-15H2. The van der Waals surface area contributed by atoms with Crippen LogP contribution in [0.1, 0.15) is 5.56 Å². The van der Waals surface area contributed by atoms with Gasteiger partial charge in [0, 0.05) is 43.9 Å². The first-order chi connectivity index (χ1) is 15.6. The number of hydrogen-bond acceptors (Lipinski definition) is 6. The zero-order valence-corrected chi connectivity index (χ0v) is 18.1. The van der Waals surface area contributed by atoms with E-state index >= 15 is 0 Å². The van der Waals surface area contributed by atoms with Crippen LogP contribution in [-0.2, 0) is 6.54 Å². The van der Waals surface area contributed by atoms with Crippen molar-refractivity contribution in [3.63, 3.8) is 0 Å². The number of hydrogen-bond donors (Lipinski definition) is 1. The fourth-order valence-electron chi connectivity index (χ4n) is 4.13. The van der Waals surface area contributed by atoms with Gasteiger partial charge >= 0.3 is 0 Å². The molecule has 0 radical (unpaired) electrons. The zero-order valence-electron chi connectivity index (χ0n) is 17.4. The lowest BCUT2D eigenvalue weighted by Crippen LogP contribution is -2.46. The minimum absolute atomic E-state index is 0.130. The van der Waals surface area contributed by atoms with E-state index in [2.05, 4.69) is 14.8 Å². The lowest BCUT2D eigenvalue weighted by Gasteiger charge is -2.35. The first kappa shape index (κ1) is 20.5. The molecule has 5 rings (SSSR count). The number of piperazine rings is 1. The van der Waals surface area contributed by atoms with Crippen molar-refractivity contribution < 1.29 is 9.52 Å². The number of aromatic nitrogens is 1. The molecule has 1 saturated heterocycles. The molecular formula is C25H22ClN3O3. The summed E-state index contributed by atoms with van der Waals surface area (Å²) in [6.07, 6.45) is 3.27. The van der Waals surface area contributed by atoms with Crippen LogP contribution < -0.4 is 10.3 Å². The van der Waals surface area contributed by atoms with E-state index in [4.69, 9.17) is 16.0 Å². The van der Waals surface area contributed by atoms with E-state index in [1.807, 2.05) is 18.2 Å². The van der Waals surface area contributed by atoms with Crippen LogP contribution in [0.3, 0.4) is 0 Å². The summed E-state index contributed by atoms with van der Waals surface area (Å²) in [7, 11) is 0. The maximum absolute atomic E-state index is 13.2. The lowest BCUT2D eigenvalue weighted by atomic mass is 10.0. The van der Waals surface area contributed by atoms with Crippen molar-refractivity contribution in [1.82, 2.24) is 9.88 Å². The number of aromatic hydroxyl groups is 1. The molecule has 6 nitrogen and oxygen atoms in total. The maximum atomic E-state index is 13.2. The number of halogens is 1. The minimum atomic E-state index is -0.130. The monoisotopic (exact) mass is 447 g/mol. The van der Waals surface area contributed by atoms with Crippen LogP contribution in [-0.4, -0.2) is 41.2 Å². The molecule has 0 bridgehead atoms. The van der Waals surface area contributed by atoms with E-state index in [0.29, 0.717) is 33.7 Å². The molecule has 2 aromatic carbocycles. The summed E-state index contributed by atoms with van der Waals surface area (Å²) in [5.41, 5.74) is 2.14. The molecule has 32 heavy (non-hydrogen) atoms. The van der Waals surface area contributed by atoms with Crippen LogP contribution in [0.15, 0.2) is 76.3 Å². The first-order valence-corrected chi connectivity index (χ1v) is 10.9. The third-order valence-corrected chi connectivity index (χ3v) is 6.15. The molecule has 0 saturated carbocycles. The van der Waals surface area contributed by atoms with Crippen LogP contribution >= 0.6 is 11.6 Å². The molecule has 1 aliphatic rings. The van der Waals surface area contributed by atoms with Crippen LogP contribution in [0.4, 0.5) is 5.82 Å². The molecule has 0 amide bonds. The van der Waals surface area contributed by atoms with Gasteiger partial charge in [-0.25, -0.2) is 4.98 Å². The fourth-order valence-corrected chi connectivity index (χ4v) is 4.25. The summed E-state index contributed by atoms with van der Waals surface area (Å²) in [5, 5.41) is 11.6. The molecule has 0 spiro atoms. The van der Waals surface area contributed by atoms with Gasteiger partial charge in [0.25, 0.3) is 0 Å². The van der Waals surface area contributed by atoms with Crippen molar-refractivity contribution in [2.45, 2.75) is 6.54 Å². The molecule has 1 N–H and O–H groups in total. The molecule has 1 fully saturated rings. The van der Waals surface area contributed by atoms with Crippen molar-refractivity contribution in [3.05, 3.63) is 87.9 Å². The minimum Gasteiger partial charge on any atom is -0.507 e. The van der Waals surface area contributed by atoms with Crippen molar-refractivity contribution in [2.24, 2.45) is 0 Å². The number of fused-ring (bicyclic) bond motifs is 1. The van der Waals surface area contributed by atoms with Gasteiger partial charge in [0.1, 0.15) is 23.4 Å². The average Bonchev–Trinajstić information content (AvgIpc) is 2.83. The number of benzene rings is 2. The molecule has 0 atom stereocenters. The van der Waals surface area contributed by atoms with Gasteiger partial charge in [-0.2, -0.15) is 0 Å². The van der Waals surface area contributed by atoms with Crippen LogP contribution in [0, 0.1) is 0 Å². The van der Waals surface area contributed by atoms with Gasteiger partial charge in [-0.15, -0.1) is 0 Å². The Kier molecular flexibility index (Phi) is 5.55. The van der Waals surface area contributed by atoms with E-state index < -0.39 is 0 Å². The Morgan fingerprint density at radius 3 is 2.50 bits per heavy atom. The third-order valence-electron chi connectivity index (χ3n) is 5.90. The summed E-state index contributed by atoms with van der Waals surface area (Å²) >= 11 is 5.97. The van der Waals surface area contributed by atoms with Crippen molar-refractivity contribution in [1.29, 1.82) is 0 Å². The molecule has 4 aromatic rings. The van der Waals surface area contributed by atoms with E-state index in [1.54, 1.807) is 42.6 Å². The molecule has 0 unspecified atom stereocenters. The van der Waals surface area contributed by atoms with E-state index in [1.165, 1.54) is 6.26 Å². The Hall–Kier alpha value is -3.35. The number of nitrogens with zero attached hydrogens (tertiary/aromatic N) is 3. The number of rotatable bonds is 4. The fraction of sp³-hybridized carbons (Fsp3) is 0.200. The third kappa shape index (κ3) is 3.95. The van der Waals surface area contributed by atoms with E-state index in [-0.39, 0.29) is 11.2 Å². The normalized spacial score (nSPS) is 14.7. The van der Waals surface area contributed by atoms with Crippen molar-refractivity contribution >= 4 is 28.4 Å². The van der Waals surface area contributed by atoms with Gasteiger partial charge in [0.15, 0.2) is 0 Å². The predicted octanol–water partition coefficient (Wildman–Crippen LogP) is 4.54. The van der Waals surface area contributed by atoms with Gasteiger partial charge in [0.2, 0.25) is 5.43 Å². The van der Waals surface area contributed by atoms with Gasteiger partial charge in [-0.3, -0.25) is 9.69 Å². The highest BCUT2D eigenvalue weighted by Crippen LogP contribution is 2.30. The Morgan fingerprint density at radius 2 is 1.78 bits per heavy atom. The predicted molar refractivity (Wildman–Crippen MR) is 126 cm³/mol. The molecule has 162 valence electrons. The van der Waals surface area contributed by atoms with Gasteiger partial charge in [-0.1, -0.05) is 29.8 Å². The largest absolute Gasteiger partial charge is 0.507 e. The molecule has 1 aliphatic heterocycles. The highest BCUT2D eigenvalue weighted by atomic mass is 35.5. The Labute approximate surface area is 190 Å². The molecular weight excluding hydrogens is 426 g/mol. The van der Waals surface area contributed by atoms with Crippen LogP contribution in [0.25, 0.3) is 22.1 Å². The van der Waals surface area contributed by atoms with Gasteiger partial charge < -0.3 is 14.4 Å². The maximum Gasteiger partial charge on any atom is 0.200 e. The summed E-state index contributed by atoms with van der Waals surface area (Å²) < 4.78 is 5.91. The highest BCUT2D eigenvalue weighted by Gasteiger charge is 2.21. The zero-order chi connectivity index (χ0) is 22.1. The Balaban J connectivity index is 1.41. The second-order valence-electron chi connectivity index (χ2n) is 7.88. The highest BCUT2D eigenvalue weighted by molar-refractivity contribution is 6.30. The summed E-state index contributed by atoms with van der Waals surface area (Å²) in [6, 6.07) is 16.2. The Morgan fingerprint density at radius 1 is 1.00 bits per heavy atom. The van der Waals surface area contributed by atoms with E-state index in [0.717, 1.165) is 37.6 Å². The average molecular weight is 448 g/mol. The smallest absolute Gasteiger partial charge is 0.200 e. The second-order valence-corrected chi connectivity index (χ2v) is 8.31. The molecule has 3 heterocycles. The molecule has 2 aromatic heterocycles. The van der Waals surface area contributed by atoms with Crippen LogP contribution in [0.5, 0.6) is 5.75 Å². The summed E-state index contributed by atoms with van der Waals surface area (Å²) in [5.74, 6) is 1.10. The second kappa shape index (κ2) is 8.65. The van der Waals surface area contributed by atoms with E-state index in [9.17, 15) is 9.90 Å². The SMILES string of the molecule is O=c1c(-c2ccc(Cl)cc2)coc2c(CN3CCN(c4ccccn4)CC3)c(O)ccc12. The van der Waals surface area contributed by atoms with Crippen molar-refractivity contribution in [3.8, 4) is 16.9 Å². The van der Waals surface area contributed by atoms with Gasteiger partial charge in [0.05, 0.1) is 16.5 Å². The summed E-state index contributed by atoms with van der Waals surface area (Å²) in [4.78, 5) is 22.1. The Bertz CT molecular complexity index is 1300. The molecule has 7 heteroatoms. The van der Waals surface area contributed by atoms with Crippen molar-refractivity contribution in [2.75, 3.05) is 31.1 Å². The first-order valence-electron chi connectivity index (χ1n) is 10.5. The molecule has 0 aliphatic carbocycles. The lowest BCUT2D eigenvalue weighted by molar-refractivity contribution is 0.246. The summed E-state index contributed by atoms with van der Waals surface area (Å²) in [6.45, 7) is 3.82. The number of anilines is 1.